The molecule has 0 spiro atoms. The molecular weight excluding hydrogens is 936 g/mol. The number of allylic oxidation sites excluding steroid dienone is 2. The number of rotatable bonds is 10. The standard InChI is InChI=1S/2C33H37.2CH3.H2Si.Zr/c2*1-32(2,3)26-13-9-24(10-14-26)28-17-18-29(25-11-15-27(16-12-25)33(4,5)6)31-21-23(20-30(28)31)19-22-7-8-22;;;;/h2*9-18,20-22H,7-8,19H2,1-6H3;2*1H3;1H2;. The summed E-state index contributed by atoms with van der Waals surface area (Å²) in [6, 6.07) is 48.8. The van der Waals surface area contributed by atoms with Gasteiger partial charge in [0.2, 0.25) is 0 Å². The van der Waals surface area contributed by atoms with Gasteiger partial charge in [-0.05, 0) is 0 Å². The molecule has 10 rings (SSSR count). The number of hydrogen-bond donors (Lipinski definition) is 0. The van der Waals surface area contributed by atoms with Crippen molar-refractivity contribution in [3.63, 3.8) is 0 Å². The fourth-order valence-corrected chi connectivity index (χ4v) is 32.2. The number of hydrogen-bond acceptors (Lipinski definition) is 0. The first-order valence-corrected chi connectivity index (χ1v) is 40.7. The van der Waals surface area contributed by atoms with Crippen LogP contribution in [0.3, 0.4) is 0 Å². The monoisotopic (exact) mass is 1020 g/mol. The van der Waals surface area contributed by atoms with Crippen LogP contribution in [0.5, 0.6) is 0 Å². The van der Waals surface area contributed by atoms with Gasteiger partial charge in [-0.2, -0.15) is 0 Å². The van der Waals surface area contributed by atoms with E-state index in [1.165, 1.54) is 116 Å². The average molecular weight is 1020 g/mol. The number of benzene rings is 6. The van der Waals surface area contributed by atoms with Crippen molar-refractivity contribution in [2.45, 2.75) is 160 Å². The van der Waals surface area contributed by atoms with Crippen molar-refractivity contribution in [1.29, 1.82) is 0 Å². The van der Waals surface area contributed by atoms with E-state index in [0.717, 1.165) is 11.8 Å². The molecule has 0 heterocycles. The third kappa shape index (κ3) is 9.41. The van der Waals surface area contributed by atoms with Crippen LogP contribution < -0.4 is 0 Å². The van der Waals surface area contributed by atoms with Crippen molar-refractivity contribution in [3.8, 4) is 44.5 Å². The molecule has 2 heteroatoms. The van der Waals surface area contributed by atoms with Gasteiger partial charge in [0.05, 0.1) is 0 Å². The molecule has 6 aromatic rings. The molecule has 2 atom stereocenters. The van der Waals surface area contributed by atoms with E-state index in [9.17, 15) is 0 Å². The van der Waals surface area contributed by atoms with Gasteiger partial charge < -0.3 is 0 Å². The molecule has 2 unspecified atom stereocenters. The van der Waals surface area contributed by atoms with E-state index in [1.807, 2.05) is 0 Å². The molecule has 0 aromatic heterocycles. The Bertz CT molecular complexity index is 2900. The Balaban J connectivity index is 1.23. The first-order valence-electron chi connectivity index (χ1n) is 27.0. The Kier molecular flexibility index (Phi) is 12.2. The normalized spacial score (nSPS) is 18.7. The van der Waals surface area contributed by atoms with Crippen LogP contribution in [0.15, 0.2) is 132 Å². The van der Waals surface area contributed by atoms with Gasteiger partial charge in [-0.1, -0.05) is 0 Å². The van der Waals surface area contributed by atoms with Gasteiger partial charge in [0.1, 0.15) is 0 Å². The van der Waals surface area contributed by atoms with Gasteiger partial charge in [-0.3, -0.25) is 0 Å². The first-order chi connectivity index (χ1) is 32.7. The molecule has 4 aliphatic rings. The zero-order chi connectivity index (χ0) is 49.9. The fraction of sp³-hybridized carbons (Fsp3) is 0.412. The molecule has 2 saturated carbocycles. The first kappa shape index (κ1) is 49.5. The summed E-state index contributed by atoms with van der Waals surface area (Å²) in [4.78, 5) is 0. The summed E-state index contributed by atoms with van der Waals surface area (Å²) >= 11 is -4.27. The minimum absolute atomic E-state index is 0.0938. The maximum atomic E-state index is 2.93. The van der Waals surface area contributed by atoms with Crippen molar-refractivity contribution in [1.82, 2.24) is 0 Å². The summed E-state index contributed by atoms with van der Waals surface area (Å²) in [7, 11) is 0. The van der Waals surface area contributed by atoms with Gasteiger partial charge in [-0.15, -0.1) is 0 Å². The molecule has 0 nitrogen and oxygen atoms in total. The summed E-state index contributed by atoms with van der Waals surface area (Å²) in [5, 5.41) is 0. The van der Waals surface area contributed by atoms with Crippen LogP contribution in [-0.2, 0) is 39.1 Å². The summed E-state index contributed by atoms with van der Waals surface area (Å²) in [6.07, 6.45) is 13.4. The fourth-order valence-electron chi connectivity index (χ4n) is 12.7. The Hall–Kier alpha value is -4.10. The van der Waals surface area contributed by atoms with Gasteiger partial charge in [-0.25, -0.2) is 0 Å². The molecule has 0 radical (unpaired) electrons. The van der Waals surface area contributed by atoms with E-state index in [0.29, 0.717) is 7.25 Å². The third-order valence-corrected chi connectivity index (χ3v) is 34.5. The minimum atomic E-state index is -4.27. The van der Waals surface area contributed by atoms with E-state index in [4.69, 9.17) is 0 Å². The van der Waals surface area contributed by atoms with Gasteiger partial charge in [0.15, 0.2) is 0 Å². The molecule has 0 amide bonds. The van der Waals surface area contributed by atoms with Crippen LogP contribution in [0.2, 0.25) is 9.26 Å². The summed E-state index contributed by atoms with van der Waals surface area (Å²) in [5.41, 5.74) is 26.8. The molecule has 4 aliphatic carbocycles. The Morgan fingerprint density at radius 2 is 0.614 bits per heavy atom. The zero-order valence-corrected chi connectivity index (χ0v) is 49.3. The Labute approximate surface area is 426 Å². The Morgan fingerprint density at radius 1 is 0.371 bits per heavy atom. The molecular formula is C68H82SiZr. The predicted molar refractivity (Wildman–Crippen MR) is 306 cm³/mol. The van der Waals surface area contributed by atoms with Crippen molar-refractivity contribution < 1.29 is 17.4 Å². The molecule has 362 valence electrons. The van der Waals surface area contributed by atoms with E-state index >= 15 is 0 Å². The molecule has 6 aromatic carbocycles. The van der Waals surface area contributed by atoms with Crippen LogP contribution in [-0.4, -0.2) is 6.88 Å². The number of fused-ring (bicyclic) bond motifs is 2. The maximum absolute atomic E-state index is 4.27. The SMILES string of the molecule is CC(C)(C)c1ccc(-c2ccc(-c3ccc(C(C)(C)C)cc3)c3c2C=C(CC2CC2)[CH]3[Zr]([CH3])([CH3])(=[SiH2])[CH]2C(CC3CC3)=Cc3c(-c4ccc(C(C)(C)C)cc4)ccc(-c4ccc(C(C)(C)C)cc4)c32)cc1. The van der Waals surface area contributed by atoms with Crippen LogP contribution in [0.1, 0.15) is 173 Å². The summed E-state index contributed by atoms with van der Waals surface area (Å²) in [5.74, 6) is 1.58. The van der Waals surface area contributed by atoms with Crippen molar-refractivity contribution >= 4 is 19.0 Å². The Morgan fingerprint density at radius 3 is 0.857 bits per heavy atom. The van der Waals surface area contributed by atoms with Gasteiger partial charge in [0, 0.05) is 0 Å². The van der Waals surface area contributed by atoms with Crippen LogP contribution in [0, 0.1) is 11.8 Å². The average Bonchev–Trinajstić information content (AvgIpc) is 4.21. The van der Waals surface area contributed by atoms with Crippen molar-refractivity contribution in [2.24, 2.45) is 11.8 Å². The molecule has 0 N–H and O–H groups in total. The molecule has 0 aliphatic heterocycles. The molecule has 0 bridgehead atoms. The quantitative estimate of drug-likeness (QED) is 0.120. The predicted octanol–water partition coefficient (Wildman–Crippen LogP) is 19.1. The zero-order valence-electron chi connectivity index (χ0n) is 45.5. The summed E-state index contributed by atoms with van der Waals surface area (Å²) in [6.45, 7) is 30.6. The topological polar surface area (TPSA) is 0 Å². The molecule has 2 fully saturated rings. The van der Waals surface area contributed by atoms with Crippen molar-refractivity contribution in [3.05, 3.63) is 177 Å². The van der Waals surface area contributed by atoms with E-state index < -0.39 is 17.4 Å². The van der Waals surface area contributed by atoms with Crippen LogP contribution in [0.4, 0.5) is 0 Å². The summed E-state index contributed by atoms with van der Waals surface area (Å²) < 4.78 is 6.67. The van der Waals surface area contributed by atoms with Crippen molar-refractivity contribution in [2.75, 3.05) is 0 Å². The second-order valence-electron chi connectivity index (χ2n) is 27.8. The second kappa shape index (κ2) is 17.3. The van der Waals surface area contributed by atoms with E-state index in [-0.39, 0.29) is 21.7 Å². The molecule has 70 heavy (non-hydrogen) atoms. The van der Waals surface area contributed by atoms with E-state index in [2.05, 4.69) is 233 Å². The second-order valence-corrected chi connectivity index (χ2v) is 58.3. The van der Waals surface area contributed by atoms with Gasteiger partial charge in [0.25, 0.3) is 0 Å². The van der Waals surface area contributed by atoms with Gasteiger partial charge >= 0.3 is 430 Å². The van der Waals surface area contributed by atoms with Crippen LogP contribution >= 0.6 is 0 Å². The third-order valence-electron chi connectivity index (χ3n) is 17.1. The molecule has 0 saturated heterocycles. The van der Waals surface area contributed by atoms with Crippen LogP contribution in [0.25, 0.3) is 56.7 Å². The van der Waals surface area contributed by atoms with E-state index in [1.54, 1.807) is 22.3 Å².